The summed E-state index contributed by atoms with van der Waals surface area (Å²) in [7, 11) is 1.33. The summed E-state index contributed by atoms with van der Waals surface area (Å²) in [5.41, 5.74) is 0. The van der Waals surface area contributed by atoms with E-state index in [0.717, 1.165) is 18.8 Å². The number of rotatable bonds is 3. The molecule has 3 unspecified atom stereocenters. The molecule has 0 aliphatic heterocycles. The lowest BCUT2D eigenvalue weighted by molar-refractivity contribution is 0.0587. The van der Waals surface area contributed by atoms with E-state index < -0.39 is 5.97 Å². The molecule has 0 radical (unpaired) electrons. The number of methoxy groups -OCH3 is 1. The number of anilines is 1. The van der Waals surface area contributed by atoms with Gasteiger partial charge in [-0.3, -0.25) is 0 Å². The Bertz CT molecular complexity index is 450. The summed E-state index contributed by atoms with van der Waals surface area (Å²) >= 11 is 0. The highest BCUT2D eigenvalue weighted by Gasteiger charge is 2.24. The maximum Gasteiger partial charge on any atom is 0.376 e. The molecular formula is C14H21N3O2. The number of ether oxygens (including phenoxy) is 1. The van der Waals surface area contributed by atoms with Gasteiger partial charge in [0.05, 0.1) is 7.11 Å². The number of nitrogens with one attached hydrogen (secondary N) is 1. The number of esters is 1. The van der Waals surface area contributed by atoms with E-state index in [1.54, 1.807) is 12.3 Å². The van der Waals surface area contributed by atoms with Gasteiger partial charge in [0.2, 0.25) is 5.82 Å². The Morgan fingerprint density at radius 3 is 2.84 bits per heavy atom. The fourth-order valence-electron chi connectivity index (χ4n) is 2.52. The molecule has 1 aromatic rings. The molecule has 0 aromatic carbocycles. The first kappa shape index (κ1) is 13.8. The third-order valence-corrected chi connectivity index (χ3v) is 3.97. The number of hydrogen-bond donors (Lipinski definition) is 1. The van der Waals surface area contributed by atoms with Gasteiger partial charge in [0, 0.05) is 12.2 Å². The van der Waals surface area contributed by atoms with Crippen molar-refractivity contribution in [3.8, 4) is 0 Å². The van der Waals surface area contributed by atoms with Crippen molar-refractivity contribution in [2.24, 2.45) is 11.8 Å². The first-order chi connectivity index (χ1) is 9.10. The molecule has 5 heteroatoms. The van der Waals surface area contributed by atoms with Gasteiger partial charge in [0.1, 0.15) is 5.82 Å². The number of carbonyl (C=O) groups excluding carboxylic acids is 1. The summed E-state index contributed by atoms with van der Waals surface area (Å²) in [5.74, 6) is 1.79. The van der Waals surface area contributed by atoms with Crippen LogP contribution in [-0.2, 0) is 4.74 Å². The molecule has 1 N–H and O–H groups in total. The Kier molecular flexibility index (Phi) is 4.35. The van der Waals surface area contributed by atoms with Crippen LogP contribution in [-0.4, -0.2) is 29.1 Å². The zero-order chi connectivity index (χ0) is 13.8. The predicted octanol–water partition coefficient (Wildman–Crippen LogP) is 2.50. The fourth-order valence-corrected chi connectivity index (χ4v) is 2.52. The summed E-state index contributed by atoms with van der Waals surface area (Å²) in [6.07, 6.45) is 5.09. The molecule has 1 aromatic heterocycles. The van der Waals surface area contributed by atoms with Gasteiger partial charge in [-0.1, -0.05) is 13.8 Å². The molecule has 5 nitrogen and oxygen atoms in total. The lowest BCUT2D eigenvalue weighted by atomic mass is 9.79. The monoisotopic (exact) mass is 263 g/mol. The Balaban J connectivity index is 2.01. The topological polar surface area (TPSA) is 64.1 Å². The van der Waals surface area contributed by atoms with Gasteiger partial charge in [0.25, 0.3) is 0 Å². The molecule has 0 saturated heterocycles. The molecule has 1 aliphatic rings. The van der Waals surface area contributed by atoms with E-state index in [1.807, 2.05) is 0 Å². The average molecular weight is 263 g/mol. The minimum absolute atomic E-state index is 0.102. The van der Waals surface area contributed by atoms with Crippen molar-refractivity contribution >= 4 is 11.8 Å². The van der Waals surface area contributed by atoms with Crippen molar-refractivity contribution in [3.63, 3.8) is 0 Å². The van der Waals surface area contributed by atoms with Crippen LogP contribution in [0.1, 0.15) is 43.7 Å². The van der Waals surface area contributed by atoms with Crippen molar-refractivity contribution in [2.75, 3.05) is 12.4 Å². The minimum Gasteiger partial charge on any atom is -0.463 e. The number of nitrogens with zero attached hydrogens (tertiary/aromatic N) is 2. The van der Waals surface area contributed by atoms with Crippen LogP contribution >= 0.6 is 0 Å². The van der Waals surface area contributed by atoms with Gasteiger partial charge in [0.15, 0.2) is 0 Å². The molecule has 1 saturated carbocycles. The van der Waals surface area contributed by atoms with E-state index in [4.69, 9.17) is 0 Å². The van der Waals surface area contributed by atoms with Crippen molar-refractivity contribution in [3.05, 3.63) is 18.1 Å². The second-order valence-corrected chi connectivity index (χ2v) is 5.37. The van der Waals surface area contributed by atoms with Crippen LogP contribution in [0.4, 0.5) is 5.82 Å². The van der Waals surface area contributed by atoms with Crippen molar-refractivity contribution in [1.29, 1.82) is 0 Å². The zero-order valence-corrected chi connectivity index (χ0v) is 11.7. The quantitative estimate of drug-likeness (QED) is 0.849. The van der Waals surface area contributed by atoms with E-state index in [9.17, 15) is 4.79 Å². The summed E-state index contributed by atoms with van der Waals surface area (Å²) in [6.45, 7) is 4.60. The molecule has 0 bridgehead atoms. The van der Waals surface area contributed by atoms with Crippen molar-refractivity contribution in [2.45, 2.75) is 39.2 Å². The maximum atomic E-state index is 11.4. The first-order valence-corrected chi connectivity index (χ1v) is 6.78. The van der Waals surface area contributed by atoms with Crippen LogP contribution in [0, 0.1) is 11.8 Å². The first-order valence-electron chi connectivity index (χ1n) is 6.78. The highest BCUT2D eigenvalue weighted by Crippen LogP contribution is 2.30. The van der Waals surface area contributed by atoms with Gasteiger partial charge in [-0.25, -0.2) is 14.8 Å². The highest BCUT2D eigenvalue weighted by atomic mass is 16.5. The molecule has 2 rings (SSSR count). The van der Waals surface area contributed by atoms with Gasteiger partial charge in [-0.05, 0) is 37.2 Å². The van der Waals surface area contributed by atoms with Crippen LogP contribution < -0.4 is 5.32 Å². The maximum absolute atomic E-state index is 11.4. The van der Waals surface area contributed by atoms with Crippen molar-refractivity contribution < 1.29 is 9.53 Å². The number of hydrogen-bond acceptors (Lipinski definition) is 5. The smallest absolute Gasteiger partial charge is 0.376 e. The molecule has 104 valence electrons. The summed E-state index contributed by atoms with van der Waals surface area (Å²) in [5, 5.41) is 3.39. The van der Waals surface area contributed by atoms with Gasteiger partial charge >= 0.3 is 5.97 Å². The molecule has 1 fully saturated rings. The normalized spacial score (nSPS) is 26.8. The largest absolute Gasteiger partial charge is 0.463 e. The zero-order valence-electron chi connectivity index (χ0n) is 11.7. The van der Waals surface area contributed by atoms with Crippen molar-refractivity contribution in [1.82, 2.24) is 9.97 Å². The molecule has 0 amide bonds. The van der Waals surface area contributed by atoms with E-state index in [0.29, 0.717) is 17.8 Å². The molecule has 3 atom stereocenters. The Morgan fingerprint density at radius 2 is 2.16 bits per heavy atom. The average Bonchev–Trinajstić information content (AvgIpc) is 2.42. The van der Waals surface area contributed by atoms with Crippen LogP contribution in [0.2, 0.25) is 0 Å². The van der Waals surface area contributed by atoms with E-state index in [-0.39, 0.29) is 5.82 Å². The van der Waals surface area contributed by atoms with Crippen LogP contribution in [0.15, 0.2) is 12.3 Å². The lowest BCUT2D eigenvalue weighted by Crippen LogP contribution is -2.30. The second-order valence-electron chi connectivity index (χ2n) is 5.37. The lowest BCUT2D eigenvalue weighted by Gasteiger charge is -2.32. The summed E-state index contributed by atoms with van der Waals surface area (Å²) in [4.78, 5) is 19.5. The third kappa shape index (κ3) is 3.43. The Labute approximate surface area is 113 Å². The Morgan fingerprint density at radius 1 is 1.37 bits per heavy atom. The standard InChI is InChI=1S/C14H21N3O2/c1-9-4-5-11(8-10(9)2)16-12-6-7-15-13(17-12)14(18)19-3/h6-7,9-11H,4-5,8H2,1-3H3,(H,15,16,17). The minimum atomic E-state index is -0.505. The fraction of sp³-hybridized carbons (Fsp3) is 0.643. The SMILES string of the molecule is COC(=O)c1nccc(NC2CCC(C)C(C)C2)n1. The highest BCUT2D eigenvalue weighted by molar-refractivity contribution is 5.85. The van der Waals surface area contributed by atoms with E-state index in [1.165, 1.54) is 13.5 Å². The molecule has 1 aliphatic carbocycles. The Hall–Kier alpha value is -1.65. The van der Waals surface area contributed by atoms with E-state index >= 15 is 0 Å². The molecular weight excluding hydrogens is 242 g/mol. The molecule has 19 heavy (non-hydrogen) atoms. The summed E-state index contributed by atoms with van der Waals surface area (Å²) in [6, 6.07) is 2.21. The second kappa shape index (κ2) is 5.99. The van der Waals surface area contributed by atoms with Crippen LogP contribution in [0.3, 0.4) is 0 Å². The summed E-state index contributed by atoms with van der Waals surface area (Å²) < 4.78 is 4.62. The molecule has 1 heterocycles. The van der Waals surface area contributed by atoms with Gasteiger partial charge in [-0.15, -0.1) is 0 Å². The predicted molar refractivity (Wildman–Crippen MR) is 73.0 cm³/mol. The van der Waals surface area contributed by atoms with Crippen LogP contribution in [0.5, 0.6) is 0 Å². The van der Waals surface area contributed by atoms with Gasteiger partial charge in [-0.2, -0.15) is 0 Å². The third-order valence-electron chi connectivity index (χ3n) is 3.97. The van der Waals surface area contributed by atoms with Crippen LogP contribution in [0.25, 0.3) is 0 Å². The van der Waals surface area contributed by atoms with Gasteiger partial charge < -0.3 is 10.1 Å². The number of aromatic nitrogens is 2. The molecule has 0 spiro atoms. The number of carbonyl (C=O) groups is 1. The van der Waals surface area contributed by atoms with E-state index in [2.05, 4.69) is 33.9 Å².